The number of carboxylic acids is 1. The highest BCUT2D eigenvalue weighted by atomic mass is 32.2. The molecule has 1 unspecified atom stereocenters. The lowest BCUT2D eigenvalue weighted by Gasteiger charge is -2.22. The lowest BCUT2D eigenvalue weighted by atomic mass is 9.98. The number of benzene rings is 3. The van der Waals surface area contributed by atoms with Crippen LogP contribution in [0.1, 0.15) is 29.2 Å². The molecule has 0 aliphatic carbocycles. The lowest BCUT2D eigenvalue weighted by Crippen LogP contribution is -2.32. The SMILES string of the molecule is COc1ccc(C2CC(c3ccccc3)=NN2C2=NC(=O)/C(=C3\C(=O)N(CC(=O)O)c4ccccc43)S2)cc1. The molecule has 10 heteroatoms. The summed E-state index contributed by atoms with van der Waals surface area (Å²) in [6, 6.07) is 24.1. The number of hydrogen-bond acceptors (Lipinski definition) is 7. The molecule has 1 atom stereocenters. The smallest absolute Gasteiger partial charge is 0.323 e. The van der Waals surface area contributed by atoms with E-state index in [-0.39, 0.29) is 16.5 Å². The van der Waals surface area contributed by atoms with Gasteiger partial charge >= 0.3 is 5.97 Å². The molecule has 3 aromatic rings. The third kappa shape index (κ3) is 4.38. The van der Waals surface area contributed by atoms with Crippen LogP contribution in [0.4, 0.5) is 5.69 Å². The van der Waals surface area contributed by atoms with Crippen LogP contribution < -0.4 is 9.64 Å². The highest BCUT2D eigenvalue weighted by Gasteiger charge is 2.42. The predicted octanol–water partition coefficient (Wildman–Crippen LogP) is 4.32. The summed E-state index contributed by atoms with van der Waals surface area (Å²) in [5.41, 5.74) is 3.92. The Labute approximate surface area is 228 Å². The van der Waals surface area contributed by atoms with Crippen LogP contribution in [0, 0.1) is 0 Å². The van der Waals surface area contributed by atoms with Crippen LogP contribution in [0.2, 0.25) is 0 Å². The van der Waals surface area contributed by atoms with Crippen LogP contribution in [0.5, 0.6) is 5.75 Å². The minimum atomic E-state index is -1.14. The van der Waals surface area contributed by atoms with Crippen molar-refractivity contribution in [2.24, 2.45) is 10.1 Å². The van der Waals surface area contributed by atoms with E-state index in [1.807, 2.05) is 54.6 Å². The monoisotopic (exact) mass is 538 g/mol. The van der Waals surface area contributed by atoms with Crippen molar-refractivity contribution < 1.29 is 24.2 Å². The molecule has 6 rings (SSSR count). The van der Waals surface area contributed by atoms with E-state index in [0.29, 0.717) is 22.8 Å². The first kappa shape index (κ1) is 24.6. The maximum absolute atomic E-state index is 13.4. The van der Waals surface area contributed by atoms with E-state index in [1.54, 1.807) is 36.4 Å². The van der Waals surface area contributed by atoms with Gasteiger partial charge in [-0.05, 0) is 41.1 Å². The van der Waals surface area contributed by atoms with Gasteiger partial charge in [-0.25, -0.2) is 5.01 Å². The molecule has 0 saturated heterocycles. The summed E-state index contributed by atoms with van der Waals surface area (Å²) in [5.74, 6) is -1.50. The lowest BCUT2D eigenvalue weighted by molar-refractivity contribution is -0.136. The number of amidine groups is 1. The fourth-order valence-electron chi connectivity index (χ4n) is 4.92. The zero-order chi connectivity index (χ0) is 27.1. The summed E-state index contributed by atoms with van der Waals surface area (Å²) >= 11 is 1.08. The van der Waals surface area contributed by atoms with Gasteiger partial charge in [0.1, 0.15) is 12.3 Å². The molecule has 2 amide bonds. The molecule has 194 valence electrons. The number of hydrazone groups is 1. The molecule has 9 nitrogen and oxygen atoms in total. The summed E-state index contributed by atoms with van der Waals surface area (Å²) in [4.78, 5) is 43.7. The molecule has 3 heterocycles. The van der Waals surface area contributed by atoms with Gasteiger partial charge in [0.05, 0.1) is 35.0 Å². The van der Waals surface area contributed by atoms with Gasteiger partial charge < -0.3 is 9.84 Å². The molecule has 0 saturated carbocycles. The van der Waals surface area contributed by atoms with E-state index in [2.05, 4.69) is 4.99 Å². The van der Waals surface area contributed by atoms with E-state index in [0.717, 1.165) is 34.3 Å². The van der Waals surface area contributed by atoms with Crippen molar-refractivity contribution >= 4 is 51.7 Å². The van der Waals surface area contributed by atoms with Crippen molar-refractivity contribution in [2.75, 3.05) is 18.6 Å². The normalized spacial score (nSPS) is 20.3. The zero-order valence-corrected chi connectivity index (χ0v) is 21.6. The van der Waals surface area contributed by atoms with E-state index >= 15 is 0 Å². The molecule has 0 radical (unpaired) electrons. The Hall–Kier alpha value is -4.70. The van der Waals surface area contributed by atoms with Gasteiger partial charge in [-0.1, -0.05) is 60.7 Å². The van der Waals surface area contributed by atoms with Gasteiger partial charge in [0.15, 0.2) is 5.17 Å². The average Bonchev–Trinajstić information content (AvgIpc) is 3.63. The molecule has 0 spiro atoms. The average molecular weight is 539 g/mol. The number of methoxy groups -OCH3 is 1. The number of carbonyl (C=O) groups is 3. The van der Waals surface area contributed by atoms with Gasteiger partial charge in [0, 0.05) is 12.0 Å². The number of nitrogens with zero attached hydrogens (tertiary/aromatic N) is 4. The van der Waals surface area contributed by atoms with Crippen LogP contribution in [0.3, 0.4) is 0 Å². The van der Waals surface area contributed by atoms with E-state index < -0.39 is 24.3 Å². The van der Waals surface area contributed by atoms with Gasteiger partial charge in [-0.15, -0.1) is 0 Å². The second-order valence-electron chi connectivity index (χ2n) is 9.06. The molecular weight excluding hydrogens is 516 g/mol. The van der Waals surface area contributed by atoms with Gasteiger partial charge in [0.2, 0.25) is 0 Å². The Morgan fingerprint density at radius 1 is 1.03 bits per heavy atom. The quantitative estimate of drug-likeness (QED) is 0.482. The first-order valence-electron chi connectivity index (χ1n) is 12.2. The Morgan fingerprint density at radius 2 is 1.74 bits per heavy atom. The zero-order valence-electron chi connectivity index (χ0n) is 20.8. The van der Waals surface area contributed by atoms with E-state index in [9.17, 15) is 19.5 Å². The Balaban J connectivity index is 1.39. The number of fused-ring (bicyclic) bond motifs is 1. The number of aliphatic carboxylic acids is 1. The second kappa shape index (κ2) is 9.88. The minimum absolute atomic E-state index is 0.159. The summed E-state index contributed by atoms with van der Waals surface area (Å²) < 4.78 is 5.31. The highest BCUT2D eigenvalue weighted by Crippen LogP contribution is 2.45. The van der Waals surface area contributed by atoms with E-state index in [4.69, 9.17) is 9.84 Å². The summed E-state index contributed by atoms with van der Waals surface area (Å²) in [5, 5.41) is 16.3. The van der Waals surface area contributed by atoms with Gasteiger partial charge in [0.25, 0.3) is 11.8 Å². The molecule has 0 fully saturated rings. The third-order valence-corrected chi connectivity index (χ3v) is 7.79. The number of aliphatic imine (C=N–C) groups is 1. The fraction of sp³-hybridized carbons (Fsp3) is 0.138. The number of thioether (sulfide) groups is 1. The Kier molecular flexibility index (Phi) is 6.24. The highest BCUT2D eigenvalue weighted by molar-refractivity contribution is 8.18. The topological polar surface area (TPSA) is 112 Å². The molecular formula is C29H22N4O5S. The molecule has 3 aromatic carbocycles. The Bertz CT molecular complexity index is 1600. The van der Waals surface area contributed by atoms with Gasteiger partial charge in [-0.3, -0.25) is 19.3 Å². The number of carboxylic acid groups (broad SMARTS) is 1. The molecule has 1 N–H and O–H groups in total. The van der Waals surface area contributed by atoms with Crippen LogP contribution >= 0.6 is 11.8 Å². The second-order valence-corrected chi connectivity index (χ2v) is 10.0. The Morgan fingerprint density at radius 3 is 2.46 bits per heavy atom. The molecule has 39 heavy (non-hydrogen) atoms. The van der Waals surface area contributed by atoms with Crippen molar-refractivity contribution in [1.29, 1.82) is 0 Å². The molecule has 0 bridgehead atoms. The van der Waals surface area contributed by atoms with Crippen molar-refractivity contribution in [1.82, 2.24) is 5.01 Å². The number of carbonyl (C=O) groups excluding carboxylic acids is 2. The maximum Gasteiger partial charge on any atom is 0.323 e. The summed E-state index contributed by atoms with van der Waals surface area (Å²) in [7, 11) is 1.61. The van der Waals surface area contributed by atoms with Crippen molar-refractivity contribution in [2.45, 2.75) is 12.5 Å². The summed E-state index contributed by atoms with van der Waals surface area (Å²) in [6.07, 6.45) is 0.587. The van der Waals surface area contributed by atoms with Crippen LogP contribution in [-0.4, -0.2) is 52.4 Å². The first-order valence-corrected chi connectivity index (χ1v) is 13.0. The largest absolute Gasteiger partial charge is 0.497 e. The van der Waals surface area contributed by atoms with Crippen molar-refractivity contribution in [3.05, 3.63) is 100 Å². The first-order chi connectivity index (χ1) is 18.9. The van der Waals surface area contributed by atoms with Crippen LogP contribution in [-0.2, 0) is 14.4 Å². The predicted molar refractivity (Wildman–Crippen MR) is 149 cm³/mol. The molecule has 0 aromatic heterocycles. The van der Waals surface area contributed by atoms with Crippen LogP contribution in [0.15, 0.2) is 93.9 Å². The van der Waals surface area contributed by atoms with Crippen molar-refractivity contribution in [3.63, 3.8) is 0 Å². The van der Waals surface area contributed by atoms with Gasteiger partial charge in [-0.2, -0.15) is 10.1 Å². The molecule has 3 aliphatic rings. The van der Waals surface area contributed by atoms with Crippen molar-refractivity contribution in [3.8, 4) is 5.75 Å². The number of para-hydroxylation sites is 1. The third-order valence-electron chi connectivity index (χ3n) is 6.74. The number of rotatable bonds is 5. The summed E-state index contributed by atoms with van der Waals surface area (Å²) in [6.45, 7) is -0.504. The number of hydrogen-bond donors (Lipinski definition) is 1. The number of ether oxygens (including phenoxy) is 1. The minimum Gasteiger partial charge on any atom is -0.497 e. The van der Waals surface area contributed by atoms with Crippen LogP contribution in [0.25, 0.3) is 5.57 Å². The molecule has 3 aliphatic heterocycles. The maximum atomic E-state index is 13.4. The number of amides is 2. The number of anilines is 1. The van der Waals surface area contributed by atoms with E-state index in [1.165, 1.54) is 4.90 Å². The fourth-order valence-corrected chi connectivity index (χ4v) is 5.93. The standard InChI is InChI=1S/C29H22N4O5S/c1-38-19-13-11-18(12-14-19)23-15-21(17-7-3-2-4-8-17)31-33(23)29-30-27(36)26(39-29)25-20-9-5-6-10-22(20)32(28(25)37)16-24(34)35/h2-14,23H,15-16H2,1H3,(H,34,35)/b26-25+.